The van der Waals surface area contributed by atoms with Gasteiger partial charge in [-0.2, -0.15) is 0 Å². The van der Waals surface area contributed by atoms with Crippen molar-refractivity contribution >= 4 is 11.9 Å². The Balaban J connectivity index is 1.75. The fourth-order valence-corrected chi connectivity index (χ4v) is 4.30. The van der Waals surface area contributed by atoms with Crippen molar-refractivity contribution in [3.8, 4) is 0 Å². The van der Waals surface area contributed by atoms with Crippen LogP contribution in [0.4, 0.5) is 0 Å². The van der Waals surface area contributed by atoms with E-state index in [9.17, 15) is 4.79 Å². The molecule has 1 unspecified atom stereocenters. The Morgan fingerprint density at radius 1 is 0.967 bits per heavy atom. The van der Waals surface area contributed by atoms with Gasteiger partial charge in [-0.25, -0.2) is 0 Å². The Bertz CT molecular complexity index is 1010. The van der Waals surface area contributed by atoms with Crippen LogP contribution < -0.4 is 0 Å². The van der Waals surface area contributed by atoms with Crippen molar-refractivity contribution in [2.45, 2.75) is 26.3 Å². The first-order valence-corrected chi connectivity index (χ1v) is 10.5. The molecule has 1 atom stereocenters. The zero-order chi connectivity index (χ0) is 21.0. The van der Waals surface area contributed by atoms with E-state index >= 15 is 0 Å². The van der Waals surface area contributed by atoms with Gasteiger partial charge in [-0.1, -0.05) is 80.6 Å². The normalized spacial score (nSPS) is 20.4. The van der Waals surface area contributed by atoms with Crippen LogP contribution in [0.3, 0.4) is 0 Å². The lowest BCUT2D eigenvalue weighted by Crippen LogP contribution is -2.49. The molecule has 2 aromatic carbocycles. The fourth-order valence-electron chi connectivity index (χ4n) is 4.30. The first-order valence-electron chi connectivity index (χ1n) is 10.5. The second-order valence-electron chi connectivity index (χ2n) is 8.59. The standard InChI is InChI=1S/C27H28N2O/c1-27(2)20-29(18-16-21-11-5-3-6-12-21)25(22-13-7-4-8-14-22)24(26(27)30)19-23-15-9-10-17-28-23/h3-15,17,19,25H,16,18,20H2,1-2H3. The monoisotopic (exact) mass is 396 g/mol. The van der Waals surface area contributed by atoms with Crippen LogP contribution in [0, 0.1) is 5.41 Å². The van der Waals surface area contributed by atoms with Gasteiger partial charge < -0.3 is 0 Å². The Morgan fingerprint density at radius 2 is 1.63 bits per heavy atom. The SMILES string of the molecule is CC1(C)CN(CCc2ccccc2)C(c2ccccc2)C(=Cc2ccccn2)C1=O. The molecule has 1 aromatic heterocycles. The van der Waals surface area contributed by atoms with Crippen LogP contribution in [0.5, 0.6) is 0 Å². The third kappa shape index (κ3) is 4.42. The topological polar surface area (TPSA) is 33.2 Å². The molecule has 0 aliphatic carbocycles. The summed E-state index contributed by atoms with van der Waals surface area (Å²) in [4.78, 5) is 20.4. The molecule has 4 rings (SSSR count). The minimum atomic E-state index is -0.442. The highest BCUT2D eigenvalue weighted by Gasteiger charge is 2.43. The van der Waals surface area contributed by atoms with E-state index in [0.29, 0.717) is 0 Å². The molecule has 1 aliphatic rings. The van der Waals surface area contributed by atoms with Gasteiger partial charge in [0, 0.05) is 30.3 Å². The Morgan fingerprint density at radius 3 is 2.30 bits per heavy atom. The van der Waals surface area contributed by atoms with Gasteiger partial charge in [0.2, 0.25) is 0 Å². The van der Waals surface area contributed by atoms with E-state index in [0.717, 1.165) is 36.3 Å². The maximum atomic E-state index is 13.5. The third-order valence-electron chi connectivity index (χ3n) is 5.77. The van der Waals surface area contributed by atoms with Crippen LogP contribution in [0.25, 0.3) is 6.08 Å². The molecule has 3 nitrogen and oxygen atoms in total. The van der Waals surface area contributed by atoms with E-state index in [2.05, 4.69) is 60.1 Å². The maximum absolute atomic E-state index is 13.5. The summed E-state index contributed by atoms with van der Waals surface area (Å²) in [5.41, 5.74) is 3.67. The Kier molecular flexibility index (Phi) is 5.91. The molecule has 152 valence electrons. The molecule has 0 amide bonds. The molecule has 0 bridgehead atoms. The average Bonchev–Trinajstić information content (AvgIpc) is 2.77. The maximum Gasteiger partial charge on any atom is 0.167 e. The van der Waals surface area contributed by atoms with Crippen molar-refractivity contribution in [3.63, 3.8) is 0 Å². The number of hydrogen-bond acceptors (Lipinski definition) is 3. The van der Waals surface area contributed by atoms with E-state index in [-0.39, 0.29) is 11.8 Å². The molecule has 1 saturated heterocycles. The average molecular weight is 397 g/mol. The number of nitrogens with zero attached hydrogens (tertiary/aromatic N) is 2. The number of benzene rings is 2. The summed E-state index contributed by atoms with van der Waals surface area (Å²) in [6.07, 6.45) is 4.71. The lowest BCUT2D eigenvalue weighted by Gasteiger charge is -2.44. The van der Waals surface area contributed by atoms with Crippen molar-refractivity contribution in [1.29, 1.82) is 0 Å². The number of carbonyl (C=O) groups excluding carboxylic acids is 1. The van der Waals surface area contributed by atoms with Crippen molar-refractivity contribution in [2.24, 2.45) is 5.41 Å². The van der Waals surface area contributed by atoms with Gasteiger partial charge in [0.15, 0.2) is 5.78 Å². The number of carbonyl (C=O) groups is 1. The highest BCUT2D eigenvalue weighted by Crippen LogP contribution is 2.41. The minimum Gasteiger partial charge on any atom is -0.294 e. The van der Waals surface area contributed by atoms with Crippen LogP contribution in [0.2, 0.25) is 0 Å². The second kappa shape index (κ2) is 8.76. The number of pyridine rings is 1. The molecule has 0 N–H and O–H groups in total. The van der Waals surface area contributed by atoms with Crippen molar-refractivity contribution in [3.05, 3.63) is 107 Å². The molecule has 3 aromatic rings. The first-order chi connectivity index (χ1) is 14.5. The molecule has 3 heteroatoms. The number of likely N-dealkylation sites (tertiary alicyclic amines) is 1. The summed E-state index contributed by atoms with van der Waals surface area (Å²) in [5.74, 6) is 0.206. The first kappa shape index (κ1) is 20.2. The fraction of sp³-hybridized carbons (Fsp3) is 0.259. The van der Waals surface area contributed by atoms with Crippen LogP contribution in [0.1, 0.15) is 36.7 Å². The smallest absolute Gasteiger partial charge is 0.167 e. The Hall–Kier alpha value is -3.04. The molecule has 2 heterocycles. The van der Waals surface area contributed by atoms with Gasteiger partial charge in [-0.05, 0) is 35.8 Å². The highest BCUT2D eigenvalue weighted by molar-refractivity contribution is 6.05. The van der Waals surface area contributed by atoms with Gasteiger partial charge in [-0.3, -0.25) is 14.7 Å². The largest absolute Gasteiger partial charge is 0.294 e. The third-order valence-corrected chi connectivity index (χ3v) is 5.77. The molecule has 0 saturated carbocycles. The summed E-state index contributed by atoms with van der Waals surface area (Å²) in [5, 5.41) is 0. The molecular weight excluding hydrogens is 368 g/mol. The van der Waals surface area contributed by atoms with Crippen molar-refractivity contribution < 1.29 is 4.79 Å². The number of hydrogen-bond donors (Lipinski definition) is 0. The van der Waals surface area contributed by atoms with E-state index in [1.807, 2.05) is 48.5 Å². The van der Waals surface area contributed by atoms with E-state index in [1.54, 1.807) is 6.20 Å². The quantitative estimate of drug-likeness (QED) is 0.544. The summed E-state index contributed by atoms with van der Waals surface area (Å²) in [6, 6.07) is 26.7. The van der Waals surface area contributed by atoms with Gasteiger partial charge in [0.05, 0.1) is 11.7 Å². The van der Waals surface area contributed by atoms with Crippen LogP contribution in [-0.2, 0) is 11.2 Å². The van der Waals surface area contributed by atoms with E-state index < -0.39 is 5.41 Å². The predicted molar refractivity (Wildman–Crippen MR) is 122 cm³/mol. The molecule has 30 heavy (non-hydrogen) atoms. The molecule has 0 radical (unpaired) electrons. The zero-order valence-electron chi connectivity index (χ0n) is 17.7. The molecule has 0 spiro atoms. The summed E-state index contributed by atoms with van der Waals surface area (Å²) in [6.45, 7) is 5.73. The summed E-state index contributed by atoms with van der Waals surface area (Å²) >= 11 is 0. The van der Waals surface area contributed by atoms with E-state index in [1.165, 1.54) is 5.56 Å². The van der Waals surface area contributed by atoms with Gasteiger partial charge in [0.25, 0.3) is 0 Å². The van der Waals surface area contributed by atoms with E-state index in [4.69, 9.17) is 0 Å². The van der Waals surface area contributed by atoms with Crippen LogP contribution in [-0.4, -0.2) is 28.8 Å². The zero-order valence-corrected chi connectivity index (χ0v) is 17.7. The van der Waals surface area contributed by atoms with Gasteiger partial charge >= 0.3 is 0 Å². The van der Waals surface area contributed by atoms with Gasteiger partial charge in [-0.15, -0.1) is 0 Å². The van der Waals surface area contributed by atoms with Crippen molar-refractivity contribution in [2.75, 3.05) is 13.1 Å². The number of aromatic nitrogens is 1. The Labute approximate surface area is 179 Å². The second-order valence-corrected chi connectivity index (χ2v) is 8.59. The number of ketones is 1. The van der Waals surface area contributed by atoms with Gasteiger partial charge in [0.1, 0.15) is 0 Å². The summed E-state index contributed by atoms with van der Waals surface area (Å²) < 4.78 is 0. The lowest BCUT2D eigenvalue weighted by atomic mass is 9.74. The number of rotatable bonds is 5. The summed E-state index contributed by atoms with van der Waals surface area (Å²) in [7, 11) is 0. The predicted octanol–water partition coefficient (Wildman–Crippen LogP) is 5.36. The molecular formula is C27H28N2O. The highest BCUT2D eigenvalue weighted by atomic mass is 16.1. The van der Waals surface area contributed by atoms with Crippen LogP contribution >= 0.6 is 0 Å². The molecule has 1 fully saturated rings. The number of Topliss-reactive ketones (excluding diaryl/α,β-unsaturated/α-hetero) is 1. The number of piperidine rings is 1. The molecule has 1 aliphatic heterocycles. The van der Waals surface area contributed by atoms with Crippen molar-refractivity contribution in [1.82, 2.24) is 9.88 Å². The van der Waals surface area contributed by atoms with Crippen LogP contribution in [0.15, 0.2) is 90.6 Å². The minimum absolute atomic E-state index is 0.0718. The lowest BCUT2D eigenvalue weighted by molar-refractivity contribution is -0.128.